The van der Waals surface area contributed by atoms with Crippen LogP contribution in [-0.2, 0) is 17.8 Å². The molecule has 0 spiro atoms. The minimum Gasteiger partial charge on any atom is -0.478 e. The second-order valence-electron chi connectivity index (χ2n) is 8.59. The smallest absolute Gasteiger partial charge is 0.336 e. The fourth-order valence-electron chi connectivity index (χ4n) is 3.52. The second kappa shape index (κ2) is 14.4. The standard InChI is InChI=1S/C14H25N3O2S.C13H8F2O2/c1-5-10-11(17-14(16-10)19-6-2)8-15-13(18)12(20)7-9(3)4;14-8-5-6-12(15)11(7-8)9-3-1-2-4-10(9)13(16)17/h9,12,20H,5-8H2,1-4H3,(H,15,18)(H,16,17);1-7H,(H,16,17)/t12-;/m0./s1. The van der Waals surface area contributed by atoms with Gasteiger partial charge in [0, 0.05) is 5.56 Å². The highest BCUT2D eigenvalue weighted by Gasteiger charge is 2.17. The molecule has 3 rings (SSSR count). The van der Waals surface area contributed by atoms with E-state index in [0.29, 0.717) is 25.1 Å². The Kier molecular flexibility index (Phi) is 11.6. The van der Waals surface area contributed by atoms with Crippen LogP contribution in [0.5, 0.6) is 6.01 Å². The molecule has 0 saturated heterocycles. The number of amides is 1. The summed E-state index contributed by atoms with van der Waals surface area (Å²) in [5, 5.41) is 11.6. The normalized spacial score (nSPS) is 11.5. The molecule has 3 N–H and O–H groups in total. The van der Waals surface area contributed by atoms with Gasteiger partial charge in [0.25, 0.3) is 6.01 Å². The van der Waals surface area contributed by atoms with Gasteiger partial charge in [-0.1, -0.05) is 39.0 Å². The van der Waals surface area contributed by atoms with Crippen LogP contribution >= 0.6 is 12.6 Å². The number of benzene rings is 2. The summed E-state index contributed by atoms with van der Waals surface area (Å²) in [6.45, 7) is 9.08. The lowest BCUT2D eigenvalue weighted by Crippen LogP contribution is -2.32. The van der Waals surface area contributed by atoms with Crippen LogP contribution in [0.2, 0.25) is 0 Å². The SMILES string of the molecule is CCOc1nc(CC)c(CNC(=O)[C@@H](S)CC(C)C)[nH]1.O=C(O)c1ccccc1-c1cc(F)ccc1F. The number of carboxylic acids is 1. The Balaban J connectivity index is 0.000000263. The van der Waals surface area contributed by atoms with Crippen molar-refractivity contribution >= 4 is 24.5 Å². The number of rotatable bonds is 10. The third-order valence-electron chi connectivity index (χ3n) is 5.27. The minimum atomic E-state index is -1.18. The Labute approximate surface area is 221 Å². The van der Waals surface area contributed by atoms with Crippen LogP contribution < -0.4 is 10.1 Å². The number of carbonyl (C=O) groups excluding carboxylic acids is 1. The molecule has 1 aromatic heterocycles. The van der Waals surface area contributed by atoms with Crippen molar-refractivity contribution in [2.24, 2.45) is 5.92 Å². The number of hydrogen-bond acceptors (Lipinski definition) is 5. The summed E-state index contributed by atoms with van der Waals surface area (Å²) in [5.74, 6) is -2.03. The molecule has 0 aliphatic carbocycles. The van der Waals surface area contributed by atoms with Crippen LogP contribution in [0.1, 0.15) is 55.9 Å². The Morgan fingerprint density at radius 3 is 2.46 bits per heavy atom. The van der Waals surface area contributed by atoms with Gasteiger partial charge in [-0.25, -0.2) is 18.6 Å². The molecule has 10 heteroatoms. The lowest BCUT2D eigenvalue weighted by Gasteiger charge is -2.13. The summed E-state index contributed by atoms with van der Waals surface area (Å²) in [6, 6.07) is 9.36. The highest BCUT2D eigenvalue weighted by atomic mass is 32.1. The van der Waals surface area contributed by atoms with Crippen molar-refractivity contribution in [3.63, 3.8) is 0 Å². The van der Waals surface area contributed by atoms with Gasteiger partial charge in [-0.05, 0) is 55.5 Å². The van der Waals surface area contributed by atoms with E-state index in [1.807, 2.05) is 13.8 Å². The van der Waals surface area contributed by atoms with Crippen LogP contribution in [0, 0.1) is 17.6 Å². The zero-order valence-corrected chi connectivity index (χ0v) is 22.2. The van der Waals surface area contributed by atoms with E-state index in [1.54, 1.807) is 6.07 Å². The first-order valence-electron chi connectivity index (χ1n) is 12.0. The molecule has 0 aliphatic heterocycles. The van der Waals surface area contributed by atoms with Gasteiger partial charge >= 0.3 is 5.97 Å². The maximum Gasteiger partial charge on any atom is 0.336 e. The molecule has 1 atom stereocenters. The van der Waals surface area contributed by atoms with Gasteiger partial charge in [-0.2, -0.15) is 12.6 Å². The van der Waals surface area contributed by atoms with E-state index < -0.39 is 17.6 Å². The number of aromatic amines is 1. The third-order valence-corrected chi connectivity index (χ3v) is 5.72. The summed E-state index contributed by atoms with van der Waals surface area (Å²) in [7, 11) is 0. The topological polar surface area (TPSA) is 104 Å². The molecular formula is C27H33F2N3O4S. The fraction of sp³-hybridized carbons (Fsp3) is 0.370. The number of nitrogens with zero attached hydrogens (tertiary/aromatic N) is 1. The van der Waals surface area contributed by atoms with Crippen molar-refractivity contribution in [3.8, 4) is 17.1 Å². The number of carboxylic acid groups (broad SMARTS) is 1. The number of nitrogens with one attached hydrogen (secondary N) is 2. The second-order valence-corrected chi connectivity index (χ2v) is 9.22. The van der Waals surface area contributed by atoms with Crippen LogP contribution in [-0.4, -0.2) is 38.8 Å². The number of aromatic nitrogens is 2. The maximum atomic E-state index is 13.5. The molecule has 200 valence electrons. The molecule has 37 heavy (non-hydrogen) atoms. The Hall–Kier alpha value is -3.40. The highest BCUT2D eigenvalue weighted by Crippen LogP contribution is 2.27. The largest absolute Gasteiger partial charge is 0.478 e. The van der Waals surface area contributed by atoms with Gasteiger partial charge in [0.1, 0.15) is 11.6 Å². The van der Waals surface area contributed by atoms with Gasteiger partial charge in [0.15, 0.2) is 0 Å². The molecule has 0 fully saturated rings. The molecule has 0 saturated carbocycles. The van der Waals surface area contributed by atoms with E-state index >= 15 is 0 Å². The Morgan fingerprint density at radius 1 is 1.14 bits per heavy atom. The van der Waals surface area contributed by atoms with Crippen molar-refractivity contribution in [1.29, 1.82) is 0 Å². The van der Waals surface area contributed by atoms with Crippen molar-refractivity contribution in [3.05, 3.63) is 71.1 Å². The van der Waals surface area contributed by atoms with Crippen molar-refractivity contribution in [1.82, 2.24) is 15.3 Å². The van der Waals surface area contributed by atoms with Crippen LogP contribution in [0.25, 0.3) is 11.1 Å². The number of ether oxygens (including phenoxy) is 1. The zero-order valence-electron chi connectivity index (χ0n) is 21.3. The van der Waals surface area contributed by atoms with Gasteiger partial charge in [0.05, 0.1) is 35.4 Å². The van der Waals surface area contributed by atoms with Crippen molar-refractivity contribution in [2.45, 2.75) is 52.3 Å². The number of thiol groups is 1. The van der Waals surface area contributed by atoms with Crippen LogP contribution in [0.15, 0.2) is 42.5 Å². The van der Waals surface area contributed by atoms with E-state index in [0.717, 1.165) is 42.4 Å². The lowest BCUT2D eigenvalue weighted by atomic mass is 9.99. The summed E-state index contributed by atoms with van der Waals surface area (Å²) >= 11 is 4.34. The van der Waals surface area contributed by atoms with E-state index in [4.69, 9.17) is 9.84 Å². The first-order chi connectivity index (χ1) is 17.6. The number of hydrogen-bond donors (Lipinski definition) is 4. The maximum absolute atomic E-state index is 13.5. The molecule has 0 bridgehead atoms. The van der Waals surface area contributed by atoms with E-state index in [1.165, 1.54) is 18.2 Å². The molecule has 7 nitrogen and oxygen atoms in total. The monoisotopic (exact) mass is 533 g/mol. The molecule has 2 aromatic carbocycles. The van der Waals surface area contributed by atoms with Gasteiger partial charge < -0.3 is 20.1 Å². The first kappa shape index (κ1) is 29.8. The van der Waals surface area contributed by atoms with E-state index in [-0.39, 0.29) is 27.8 Å². The van der Waals surface area contributed by atoms with Gasteiger partial charge in [-0.3, -0.25) is 4.79 Å². The fourth-order valence-corrected chi connectivity index (χ4v) is 4.03. The highest BCUT2D eigenvalue weighted by molar-refractivity contribution is 7.81. The predicted molar refractivity (Wildman–Crippen MR) is 142 cm³/mol. The molecule has 0 aliphatic rings. The predicted octanol–water partition coefficient (Wildman–Crippen LogP) is 5.66. The number of carbonyl (C=O) groups is 2. The summed E-state index contributed by atoms with van der Waals surface area (Å²) in [5.41, 5.74) is 1.87. The van der Waals surface area contributed by atoms with Crippen molar-refractivity contribution in [2.75, 3.05) is 6.61 Å². The lowest BCUT2D eigenvalue weighted by molar-refractivity contribution is -0.121. The Morgan fingerprint density at radius 2 is 1.84 bits per heavy atom. The Bertz CT molecular complexity index is 1200. The molecule has 0 unspecified atom stereocenters. The first-order valence-corrected chi connectivity index (χ1v) is 12.5. The van der Waals surface area contributed by atoms with Crippen molar-refractivity contribution < 1.29 is 28.2 Å². The average Bonchev–Trinajstić information content (AvgIpc) is 3.26. The number of imidazole rings is 1. The average molecular weight is 534 g/mol. The van der Waals surface area contributed by atoms with E-state index in [2.05, 4.69) is 41.8 Å². The quantitative estimate of drug-likeness (QED) is 0.252. The zero-order chi connectivity index (χ0) is 27.5. The van der Waals surface area contributed by atoms with Crippen LogP contribution in [0.3, 0.4) is 0 Å². The molecule has 1 amide bonds. The molecule has 0 radical (unpaired) electrons. The van der Waals surface area contributed by atoms with Gasteiger partial charge in [0.2, 0.25) is 5.91 Å². The summed E-state index contributed by atoms with van der Waals surface area (Å²) in [6.07, 6.45) is 1.56. The number of aryl methyl sites for hydroxylation is 1. The summed E-state index contributed by atoms with van der Waals surface area (Å²) < 4.78 is 31.9. The number of aromatic carboxylic acids is 1. The number of halogens is 2. The van der Waals surface area contributed by atoms with Crippen LogP contribution in [0.4, 0.5) is 8.78 Å². The minimum absolute atomic E-state index is 0.0448. The van der Waals surface area contributed by atoms with E-state index in [9.17, 15) is 18.4 Å². The summed E-state index contributed by atoms with van der Waals surface area (Å²) in [4.78, 5) is 30.3. The molecule has 1 heterocycles. The van der Waals surface area contributed by atoms with Gasteiger partial charge in [-0.15, -0.1) is 0 Å². The molecule has 3 aromatic rings. The third kappa shape index (κ3) is 8.89. The molecular weight excluding hydrogens is 500 g/mol. The number of H-pyrrole nitrogens is 1.